The Morgan fingerprint density at radius 3 is 2.09 bits per heavy atom. The van der Waals surface area contributed by atoms with E-state index in [1.807, 2.05) is 13.8 Å². The van der Waals surface area contributed by atoms with Gasteiger partial charge in [0, 0.05) is 5.56 Å². The van der Waals surface area contributed by atoms with E-state index in [4.69, 9.17) is 9.47 Å². The topological polar surface area (TPSA) is 52.6 Å². The van der Waals surface area contributed by atoms with Crippen LogP contribution in [0, 0.1) is 13.8 Å². The Bertz CT molecular complexity index is 758. The molecule has 0 spiro atoms. The summed E-state index contributed by atoms with van der Waals surface area (Å²) < 4.78 is 11.3. The number of methoxy groups -OCH3 is 1. The SMILES string of the molecule is COC(=O)c1ccc(Oc2c(C)cc(C(C)=O)cc2C)c(Br)c1. The molecule has 2 aromatic rings. The van der Waals surface area contributed by atoms with E-state index in [-0.39, 0.29) is 5.78 Å². The molecule has 2 aromatic carbocycles. The zero-order valence-corrected chi connectivity index (χ0v) is 15.0. The number of ketones is 1. The van der Waals surface area contributed by atoms with Crippen molar-refractivity contribution in [1.82, 2.24) is 0 Å². The van der Waals surface area contributed by atoms with Crippen molar-refractivity contribution in [3.63, 3.8) is 0 Å². The molecular formula is C18H17BrO4. The summed E-state index contributed by atoms with van der Waals surface area (Å²) in [4.78, 5) is 23.0. The van der Waals surface area contributed by atoms with Crippen molar-refractivity contribution in [1.29, 1.82) is 0 Å². The van der Waals surface area contributed by atoms with Crippen molar-refractivity contribution in [2.45, 2.75) is 20.8 Å². The minimum Gasteiger partial charge on any atom is -0.465 e. The smallest absolute Gasteiger partial charge is 0.337 e. The van der Waals surface area contributed by atoms with Crippen molar-refractivity contribution >= 4 is 27.7 Å². The molecular weight excluding hydrogens is 360 g/mol. The molecule has 0 amide bonds. The van der Waals surface area contributed by atoms with Crippen LogP contribution < -0.4 is 4.74 Å². The van der Waals surface area contributed by atoms with Crippen LogP contribution in [0.1, 0.15) is 38.8 Å². The highest BCUT2D eigenvalue weighted by atomic mass is 79.9. The van der Waals surface area contributed by atoms with Crippen LogP contribution in [0.3, 0.4) is 0 Å². The minimum absolute atomic E-state index is 0.0198. The summed E-state index contributed by atoms with van der Waals surface area (Å²) in [5.74, 6) is 0.891. The Morgan fingerprint density at radius 2 is 1.61 bits per heavy atom. The van der Waals surface area contributed by atoms with Gasteiger partial charge in [0.05, 0.1) is 17.1 Å². The van der Waals surface area contributed by atoms with Gasteiger partial charge in [-0.25, -0.2) is 4.79 Å². The maximum absolute atomic E-state index is 11.5. The van der Waals surface area contributed by atoms with Crippen molar-refractivity contribution < 1.29 is 19.1 Å². The highest BCUT2D eigenvalue weighted by Gasteiger charge is 2.13. The molecule has 0 bridgehead atoms. The average Bonchev–Trinajstić information content (AvgIpc) is 2.50. The average molecular weight is 377 g/mol. The van der Waals surface area contributed by atoms with Gasteiger partial charge in [-0.1, -0.05) is 0 Å². The van der Waals surface area contributed by atoms with Crippen LogP contribution in [-0.4, -0.2) is 18.9 Å². The molecule has 5 heteroatoms. The first-order valence-electron chi connectivity index (χ1n) is 7.01. The summed E-state index contributed by atoms with van der Waals surface area (Å²) in [6.45, 7) is 5.33. The van der Waals surface area contributed by atoms with Gasteiger partial charge < -0.3 is 9.47 Å². The Balaban J connectivity index is 2.36. The van der Waals surface area contributed by atoms with Crippen molar-refractivity contribution in [2.75, 3.05) is 7.11 Å². The second kappa shape index (κ2) is 6.96. The van der Waals surface area contributed by atoms with Crippen LogP contribution in [0.25, 0.3) is 0 Å². The van der Waals surface area contributed by atoms with Gasteiger partial charge in [0.25, 0.3) is 0 Å². The number of carbonyl (C=O) groups excluding carboxylic acids is 2. The Morgan fingerprint density at radius 1 is 1.00 bits per heavy atom. The number of rotatable bonds is 4. The number of halogens is 1. The Labute approximate surface area is 143 Å². The van der Waals surface area contributed by atoms with Crippen LogP contribution in [0.5, 0.6) is 11.5 Å². The molecule has 0 aromatic heterocycles. The van der Waals surface area contributed by atoms with Gasteiger partial charge in [-0.15, -0.1) is 0 Å². The fourth-order valence-corrected chi connectivity index (χ4v) is 2.71. The van der Waals surface area contributed by atoms with Crippen molar-refractivity contribution in [3.8, 4) is 11.5 Å². The van der Waals surface area contributed by atoms with Gasteiger partial charge in [0.2, 0.25) is 0 Å². The number of esters is 1. The standard InChI is InChI=1S/C18H17BrO4/c1-10-7-14(12(3)20)8-11(2)17(10)23-16-6-5-13(9-15(16)19)18(21)22-4/h5-9H,1-4H3. The second-order valence-corrected chi connectivity index (χ2v) is 6.09. The van der Waals surface area contributed by atoms with Gasteiger partial charge >= 0.3 is 5.97 Å². The van der Waals surface area contributed by atoms with Crippen molar-refractivity contribution in [2.24, 2.45) is 0 Å². The summed E-state index contributed by atoms with van der Waals surface area (Å²) in [5.41, 5.74) is 2.85. The van der Waals surface area contributed by atoms with Gasteiger partial charge in [0.15, 0.2) is 5.78 Å². The molecule has 0 saturated heterocycles. The first-order chi connectivity index (χ1) is 10.8. The number of aryl methyl sites for hydroxylation is 2. The molecule has 120 valence electrons. The normalized spacial score (nSPS) is 10.3. The Hall–Kier alpha value is -2.14. The van der Waals surface area contributed by atoms with Crippen LogP contribution in [0.15, 0.2) is 34.8 Å². The zero-order chi connectivity index (χ0) is 17.1. The number of carbonyl (C=O) groups is 2. The fraction of sp³-hybridized carbons (Fsp3) is 0.222. The molecule has 23 heavy (non-hydrogen) atoms. The molecule has 0 fully saturated rings. The van der Waals surface area contributed by atoms with E-state index in [9.17, 15) is 9.59 Å². The zero-order valence-electron chi connectivity index (χ0n) is 13.4. The third kappa shape index (κ3) is 3.79. The van der Waals surface area contributed by atoms with E-state index in [1.54, 1.807) is 30.3 Å². The molecule has 0 heterocycles. The summed E-state index contributed by atoms with van der Waals surface area (Å²) in [6.07, 6.45) is 0. The van der Waals surface area contributed by atoms with E-state index in [0.29, 0.717) is 27.1 Å². The number of ether oxygens (including phenoxy) is 2. The fourth-order valence-electron chi connectivity index (χ4n) is 2.25. The van der Waals surface area contributed by atoms with E-state index in [0.717, 1.165) is 11.1 Å². The van der Waals surface area contributed by atoms with Crippen LogP contribution >= 0.6 is 15.9 Å². The number of hydrogen-bond acceptors (Lipinski definition) is 4. The van der Waals surface area contributed by atoms with E-state index in [2.05, 4.69) is 15.9 Å². The molecule has 0 unspecified atom stereocenters. The minimum atomic E-state index is -0.407. The lowest BCUT2D eigenvalue weighted by molar-refractivity contribution is 0.0600. The van der Waals surface area contributed by atoms with Gasteiger partial charge in [-0.2, -0.15) is 0 Å². The highest BCUT2D eigenvalue weighted by molar-refractivity contribution is 9.10. The first kappa shape index (κ1) is 17.2. The third-order valence-electron chi connectivity index (χ3n) is 3.43. The molecule has 4 nitrogen and oxygen atoms in total. The lowest BCUT2D eigenvalue weighted by Crippen LogP contribution is -2.02. The molecule has 0 saturated carbocycles. The lowest BCUT2D eigenvalue weighted by atomic mass is 10.0. The first-order valence-corrected chi connectivity index (χ1v) is 7.80. The lowest BCUT2D eigenvalue weighted by Gasteiger charge is -2.14. The van der Waals surface area contributed by atoms with Crippen LogP contribution in [-0.2, 0) is 4.74 Å². The van der Waals surface area contributed by atoms with Gasteiger partial charge in [0.1, 0.15) is 11.5 Å². The quantitative estimate of drug-likeness (QED) is 0.565. The van der Waals surface area contributed by atoms with E-state index >= 15 is 0 Å². The molecule has 0 aliphatic heterocycles. The molecule has 0 radical (unpaired) electrons. The molecule has 2 rings (SSSR count). The number of hydrogen-bond donors (Lipinski definition) is 0. The maximum Gasteiger partial charge on any atom is 0.337 e. The highest BCUT2D eigenvalue weighted by Crippen LogP contribution is 2.34. The monoisotopic (exact) mass is 376 g/mol. The summed E-state index contributed by atoms with van der Waals surface area (Å²) in [7, 11) is 1.34. The van der Waals surface area contributed by atoms with Crippen LogP contribution in [0.4, 0.5) is 0 Å². The third-order valence-corrected chi connectivity index (χ3v) is 4.05. The summed E-state index contributed by atoms with van der Waals surface area (Å²) in [5, 5.41) is 0. The maximum atomic E-state index is 11.5. The number of benzene rings is 2. The summed E-state index contributed by atoms with van der Waals surface area (Å²) in [6, 6.07) is 8.60. The Kier molecular flexibility index (Phi) is 5.21. The largest absolute Gasteiger partial charge is 0.465 e. The summed E-state index contributed by atoms with van der Waals surface area (Å²) >= 11 is 3.40. The second-order valence-electron chi connectivity index (χ2n) is 5.23. The molecule has 0 aliphatic carbocycles. The number of Topliss-reactive ketones (excluding diaryl/α,β-unsaturated/α-hetero) is 1. The molecule has 0 atom stereocenters. The molecule has 0 N–H and O–H groups in total. The predicted octanol–water partition coefficient (Wildman–Crippen LogP) is 4.85. The molecule has 0 aliphatic rings. The van der Waals surface area contributed by atoms with Gasteiger partial charge in [-0.3, -0.25) is 4.79 Å². The van der Waals surface area contributed by atoms with Crippen molar-refractivity contribution in [3.05, 3.63) is 57.1 Å². The predicted molar refractivity (Wildman–Crippen MR) is 91.5 cm³/mol. The van der Waals surface area contributed by atoms with E-state index < -0.39 is 5.97 Å². The van der Waals surface area contributed by atoms with Crippen LogP contribution in [0.2, 0.25) is 0 Å². The van der Waals surface area contributed by atoms with E-state index in [1.165, 1.54) is 14.0 Å². The van der Waals surface area contributed by atoms with Gasteiger partial charge in [-0.05, 0) is 78.2 Å².